The van der Waals surface area contributed by atoms with E-state index >= 15 is 0 Å². The number of aromatic nitrogens is 2. The lowest BCUT2D eigenvalue weighted by Gasteiger charge is -2.11. The smallest absolute Gasteiger partial charge is 0.262 e. The molecule has 7 heteroatoms. The third kappa shape index (κ3) is 4.37. The number of sulfonamides is 1. The summed E-state index contributed by atoms with van der Waals surface area (Å²) in [6, 6.07) is 12.6. The molecule has 0 saturated heterocycles. The molecule has 1 aromatic carbocycles. The molecular formula is C19H20N4O2S. The molecule has 26 heavy (non-hydrogen) atoms. The van der Waals surface area contributed by atoms with Crippen molar-refractivity contribution in [3.05, 3.63) is 77.7 Å². The van der Waals surface area contributed by atoms with Gasteiger partial charge in [-0.1, -0.05) is 12.1 Å². The second kappa shape index (κ2) is 7.53. The maximum atomic E-state index is 12.6. The molecule has 2 aromatic heterocycles. The van der Waals surface area contributed by atoms with Crippen molar-refractivity contribution in [1.82, 2.24) is 9.97 Å². The molecule has 0 saturated carbocycles. The molecule has 0 radical (unpaired) electrons. The summed E-state index contributed by atoms with van der Waals surface area (Å²) in [5, 5.41) is 3.18. The Balaban J connectivity index is 1.69. The van der Waals surface area contributed by atoms with Gasteiger partial charge in [0.05, 0.1) is 16.8 Å². The third-order valence-corrected chi connectivity index (χ3v) is 5.40. The Bertz CT molecular complexity index is 988. The number of aryl methyl sites for hydroxylation is 2. The molecule has 0 aliphatic rings. The van der Waals surface area contributed by atoms with Crippen LogP contribution in [0.25, 0.3) is 0 Å². The Hall–Kier alpha value is -2.93. The maximum Gasteiger partial charge on any atom is 0.262 e. The first-order valence-corrected chi connectivity index (χ1v) is 9.61. The van der Waals surface area contributed by atoms with Crippen molar-refractivity contribution in [2.24, 2.45) is 0 Å². The van der Waals surface area contributed by atoms with Gasteiger partial charge in [-0.25, -0.2) is 13.4 Å². The van der Waals surface area contributed by atoms with E-state index in [1.807, 2.05) is 25.1 Å². The van der Waals surface area contributed by atoms with E-state index in [2.05, 4.69) is 20.0 Å². The number of pyridine rings is 2. The molecule has 0 spiro atoms. The lowest BCUT2D eigenvalue weighted by Crippen LogP contribution is -2.14. The van der Waals surface area contributed by atoms with Gasteiger partial charge in [0.15, 0.2) is 0 Å². The van der Waals surface area contributed by atoms with Gasteiger partial charge in [0, 0.05) is 18.9 Å². The summed E-state index contributed by atoms with van der Waals surface area (Å²) >= 11 is 0. The van der Waals surface area contributed by atoms with Crippen molar-refractivity contribution >= 4 is 21.5 Å². The van der Waals surface area contributed by atoms with Gasteiger partial charge in [-0.15, -0.1) is 0 Å². The predicted molar refractivity (Wildman–Crippen MR) is 103 cm³/mol. The third-order valence-electron chi connectivity index (χ3n) is 3.87. The second-order valence-electron chi connectivity index (χ2n) is 6.02. The van der Waals surface area contributed by atoms with E-state index in [-0.39, 0.29) is 4.90 Å². The van der Waals surface area contributed by atoms with Crippen LogP contribution >= 0.6 is 0 Å². The van der Waals surface area contributed by atoms with Crippen LogP contribution in [-0.2, 0) is 16.6 Å². The number of nitrogens with one attached hydrogen (secondary N) is 2. The van der Waals surface area contributed by atoms with Gasteiger partial charge in [0.1, 0.15) is 5.82 Å². The predicted octanol–water partition coefficient (Wildman–Crippen LogP) is 3.51. The minimum absolute atomic E-state index is 0.275. The number of rotatable bonds is 6. The van der Waals surface area contributed by atoms with Crippen LogP contribution < -0.4 is 10.0 Å². The molecule has 6 nitrogen and oxygen atoms in total. The Morgan fingerprint density at radius 1 is 1.00 bits per heavy atom. The molecule has 0 unspecified atom stereocenters. The molecule has 0 fully saturated rings. The summed E-state index contributed by atoms with van der Waals surface area (Å²) < 4.78 is 27.8. The minimum Gasteiger partial charge on any atom is -0.366 e. The molecule has 2 N–H and O–H groups in total. The fourth-order valence-corrected chi connectivity index (χ4v) is 3.83. The summed E-state index contributed by atoms with van der Waals surface area (Å²) in [4.78, 5) is 8.51. The molecule has 0 amide bonds. The van der Waals surface area contributed by atoms with E-state index in [1.54, 1.807) is 43.6 Å². The van der Waals surface area contributed by atoms with Crippen molar-refractivity contribution in [3.8, 4) is 0 Å². The van der Waals surface area contributed by atoms with Crippen molar-refractivity contribution in [2.45, 2.75) is 25.3 Å². The molecule has 3 rings (SSSR count). The van der Waals surface area contributed by atoms with Crippen LogP contribution in [0.3, 0.4) is 0 Å². The van der Waals surface area contributed by atoms with Crippen LogP contribution in [0.5, 0.6) is 0 Å². The Kier molecular flexibility index (Phi) is 5.18. The van der Waals surface area contributed by atoms with Crippen molar-refractivity contribution in [1.29, 1.82) is 0 Å². The van der Waals surface area contributed by atoms with E-state index < -0.39 is 10.0 Å². The molecule has 3 aromatic rings. The number of nitrogens with zero attached hydrogens (tertiary/aromatic N) is 2. The Morgan fingerprint density at radius 2 is 1.77 bits per heavy atom. The van der Waals surface area contributed by atoms with Crippen molar-refractivity contribution in [2.75, 3.05) is 10.0 Å². The number of hydrogen-bond acceptors (Lipinski definition) is 5. The standard InChI is InChI=1S/C19H20N4O2S/c1-14-3-4-15(2)18(11-14)26(24,25)23-17-5-6-19(22-13-17)21-12-16-7-9-20-10-8-16/h3-11,13,23H,12H2,1-2H3,(H,21,22). The SMILES string of the molecule is Cc1ccc(C)c(S(=O)(=O)Nc2ccc(NCc3ccncc3)nc2)c1. The Morgan fingerprint density at radius 3 is 2.46 bits per heavy atom. The highest BCUT2D eigenvalue weighted by Crippen LogP contribution is 2.21. The van der Waals surface area contributed by atoms with Crippen LogP contribution in [0, 0.1) is 13.8 Å². The average molecular weight is 368 g/mol. The zero-order chi connectivity index (χ0) is 18.6. The van der Waals surface area contributed by atoms with Gasteiger partial charge in [0.2, 0.25) is 0 Å². The van der Waals surface area contributed by atoms with Crippen molar-refractivity contribution < 1.29 is 8.42 Å². The van der Waals surface area contributed by atoms with Crippen LogP contribution in [0.4, 0.5) is 11.5 Å². The lowest BCUT2D eigenvalue weighted by molar-refractivity contribution is 0.600. The molecule has 0 aliphatic carbocycles. The molecule has 2 heterocycles. The van der Waals surface area contributed by atoms with Crippen LogP contribution in [0.2, 0.25) is 0 Å². The van der Waals surface area contributed by atoms with Crippen molar-refractivity contribution in [3.63, 3.8) is 0 Å². The van der Waals surface area contributed by atoms with Gasteiger partial charge in [0.25, 0.3) is 10.0 Å². The second-order valence-corrected chi connectivity index (χ2v) is 7.67. The minimum atomic E-state index is -3.65. The highest BCUT2D eigenvalue weighted by Gasteiger charge is 2.17. The first kappa shape index (κ1) is 17.9. The topological polar surface area (TPSA) is 84.0 Å². The maximum absolute atomic E-state index is 12.6. The van der Waals surface area contributed by atoms with Crippen LogP contribution in [0.1, 0.15) is 16.7 Å². The molecule has 134 valence electrons. The van der Waals surface area contributed by atoms with E-state index in [0.29, 0.717) is 23.6 Å². The van der Waals surface area contributed by atoms with Crippen LogP contribution in [-0.4, -0.2) is 18.4 Å². The first-order chi connectivity index (χ1) is 12.4. The highest BCUT2D eigenvalue weighted by atomic mass is 32.2. The zero-order valence-electron chi connectivity index (χ0n) is 14.6. The largest absolute Gasteiger partial charge is 0.366 e. The summed E-state index contributed by atoms with van der Waals surface area (Å²) in [6.07, 6.45) is 4.96. The average Bonchev–Trinajstić information content (AvgIpc) is 2.64. The normalized spacial score (nSPS) is 11.2. The van der Waals surface area contributed by atoms with Gasteiger partial charge < -0.3 is 5.32 Å². The quantitative estimate of drug-likeness (QED) is 0.696. The van der Waals surface area contributed by atoms with Gasteiger partial charge in [-0.2, -0.15) is 0 Å². The fraction of sp³-hybridized carbons (Fsp3) is 0.158. The van der Waals surface area contributed by atoms with E-state index in [4.69, 9.17) is 0 Å². The number of anilines is 2. The van der Waals surface area contributed by atoms with E-state index in [0.717, 1.165) is 11.1 Å². The van der Waals surface area contributed by atoms with Gasteiger partial charge in [-0.05, 0) is 60.9 Å². The van der Waals surface area contributed by atoms with Crippen LogP contribution in [0.15, 0.2) is 66.0 Å². The summed E-state index contributed by atoms with van der Waals surface area (Å²) in [7, 11) is -3.65. The zero-order valence-corrected chi connectivity index (χ0v) is 15.4. The summed E-state index contributed by atoms with van der Waals surface area (Å²) in [5.41, 5.74) is 3.10. The molecular weight excluding hydrogens is 348 g/mol. The number of hydrogen-bond donors (Lipinski definition) is 2. The van der Waals surface area contributed by atoms with Gasteiger partial charge in [-0.3, -0.25) is 9.71 Å². The Labute approximate surface area is 153 Å². The number of benzene rings is 1. The molecule has 0 atom stereocenters. The summed E-state index contributed by atoms with van der Waals surface area (Å²) in [5.74, 6) is 0.663. The molecule has 0 aliphatic heterocycles. The first-order valence-electron chi connectivity index (χ1n) is 8.13. The van der Waals surface area contributed by atoms with Gasteiger partial charge >= 0.3 is 0 Å². The monoisotopic (exact) mass is 368 g/mol. The van der Waals surface area contributed by atoms with E-state index in [1.165, 1.54) is 6.20 Å². The fourth-order valence-electron chi connectivity index (χ4n) is 2.46. The highest BCUT2D eigenvalue weighted by molar-refractivity contribution is 7.92. The lowest BCUT2D eigenvalue weighted by atomic mass is 10.2. The van der Waals surface area contributed by atoms with E-state index in [9.17, 15) is 8.42 Å². The molecule has 0 bridgehead atoms. The summed E-state index contributed by atoms with van der Waals surface area (Å²) in [6.45, 7) is 4.25.